The number of hydrogen-bond donors (Lipinski definition) is 0. The molecule has 2 radical (unpaired) electrons. The lowest BCUT2D eigenvalue weighted by Gasteiger charge is -2.23. The third kappa shape index (κ3) is 1.80. The van der Waals surface area contributed by atoms with Crippen LogP contribution in [0.2, 0.25) is 4.78 Å². The van der Waals surface area contributed by atoms with E-state index < -0.39 is 0 Å². The van der Waals surface area contributed by atoms with Gasteiger partial charge in [0.05, 0.1) is 0 Å². The van der Waals surface area contributed by atoms with Crippen molar-refractivity contribution in [3.63, 3.8) is 0 Å². The standard InChI is InChI=1S/C7H13.Al/c1-7-5-3-2-4-6-7;/h2,7H,3-6H2,1H3;. The molecule has 0 aliphatic heterocycles. The Balaban J connectivity index is 2.19. The molecule has 0 N–H and O–H groups in total. The Bertz CT molecular complexity index is 52.8. The summed E-state index contributed by atoms with van der Waals surface area (Å²) in [7, 11) is 0. The third-order valence-corrected chi connectivity index (χ3v) is 2.73. The molecule has 1 rings (SSSR count). The second kappa shape index (κ2) is 2.90. The van der Waals surface area contributed by atoms with Gasteiger partial charge in [-0.05, 0) is 5.92 Å². The SMILES string of the molecule is CC1CC[CH]([Al])CC1. The maximum Gasteiger partial charge on any atom is 0.123 e. The van der Waals surface area contributed by atoms with E-state index in [1.54, 1.807) is 0 Å². The molecule has 0 spiro atoms. The van der Waals surface area contributed by atoms with Gasteiger partial charge in [0, 0.05) is 0 Å². The Morgan fingerprint density at radius 3 is 2.00 bits per heavy atom. The molecule has 8 heavy (non-hydrogen) atoms. The molecule has 1 fully saturated rings. The highest BCUT2D eigenvalue weighted by atomic mass is 27.0. The van der Waals surface area contributed by atoms with Gasteiger partial charge in [0.1, 0.15) is 16.3 Å². The van der Waals surface area contributed by atoms with Crippen molar-refractivity contribution in [1.82, 2.24) is 0 Å². The lowest BCUT2D eigenvalue weighted by atomic mass is 9.90. The van der Waals surface area contributed by atoms with Crippen molar-refractivity contribution in [3.05, 3.63) is 0 Å². The zero-order chi connectivity index (χ0) is 5.98. The molecule has 44 valence electrons. The zero-order valence-corrected chi connectivity index (χ0v) is 6.72. The summed E-state index contributed by atoms with van der Waals surface area (Å²) in [6.45, 7) is 2.36. The molecule has 0 saturated heterocycles. The van der Waals surface area contributed by atoms with E-state index in [4.69, 9.17) is 0 Å². The van der Waals surface area contributed by atoms with Gasteiger partial charge < -0.3 is 0 Å². The van der Waals surface area contributed by atoms with Crippen LogP contribution in [-0.4, -0.2) is 16.3 Å². The summed E-state index contributed by atoms with van der Waals surface area (Å²) < 4.78 is 0.936. The van der Waals surface area contributed by atoms with Gasteiger partial charge >= 0.3 is 0 Å². The van der Waals surface area contributed by atoms with Crippen molar-refractivity contribution in [3.8, 4) is 0 Å². The Labute approximate surface area is 60.1 Å². The lowest BCUT2D eigenvalue weighted by molar-refractivity contribution is 0.386. The van der Waals surface area contributed by atoms with Crippen LogP contribution in [0.4, 0.5) is 0 Å². The molecule has 1 aliphatic rings. The molecule has 0 nitrogen and oxygen atoms in total. The van der Waals surface area contributed by atoms with Crippen LogP contribution in [0.5, 0.6) is 0 Å². The van der Waals surface area contributed by atoms with Crippen LogP contribution in [0.1, 0.15) is 32.6 Å². The molecule has 0 amide bonds. The molecular formula is C7H13Al. The number of hydrogen-bond acceptors (Lipinski definition) is 0. The predicted octanol–water partition coefficient (Wildman–Crippen LogP) is 2.15. The first kappa shape index (κ1) is 6.65. The first-order chi connectivity index (χ1) is 3.79. The van der Waals surface area contributed by atoms with Gasteiger partial charge in [0.25, 0.3) is 0 Å². The minimum atomic E-state index is 0.936. The van der Waals surface area contributed by atoms with E-state index in [2.05, 4.69) is 23.2 Å². The zero-order valence-electron chi connectivity index (χ0n) is 5.56. The van der Waals surface area contributed by atoms with Gasteiger partial charge in [-0.2, -0.15) is 0 Å². The molecule has 1 saturated carbocycles. The second-order valence-electron chi connectivity index (χ2n) is 3.02. The molecule has 0 aromatic heterocycles. The van der Waals surface area contributed by atoms with Crippen molar-refractivity contribution >= 4 is 16.3 Å². The van der Waals surface area contributed by atoms with Gasteiger partial charge in [0.15, 0.2) is 0 Å². The highest BCUT2D eigenvalue weighted by molar-refractivity contribution is 6.11. The molecule has 1 heteroatoms. The van der Waals surface area contributed by atoms with Gasteiger partial charge in [-0.1, -0.05) is 32.6 Å². The topological polar surface area (TPSA) is 0 Å². The Morgan fingerprint density at radius 1 is 1.12 bits per heavy atom. The first-order valence-corrected chi connectivity index (χ1v) is 4.21. The summed E-state index contributed by atoms with van der Waals surface area (Å²) in [6.07, 6.45) is 5.78. The maximum absolute atomic E-state index is 2.92. The fourth-order valence-corrected chi connectivity index (χ4v) is 1.67. The summed E-state index contributed by atoms with van der Waals surface area (Å²) >= 11 is 2.92. The van der Waals surface area contributed by atoms with E-state index in [9.17, 15) is 0 Å². The quantitative estimate of drug-likeness (QED) is 0.434. The van der Waals surface area contributed by atoms with Crippen LogP contribution in [0.3, 0.4) is 0 Å². The fraction of sp³-hybridized carbons (Fsp3) is 1.00. The summed E-state index contributed by atoms with van der Waals surface area (Å²) in [5, 5.41) is 0. The van der Waals surface area contributed by atoms with Crippen molar-refractivity contribution in [2.45, 2.75) is 37.4 Å². The molecular weight excluding hydrogens is 111 g/mol. The Hall–Kier alpha value is 0.532. The third-order valence-electron chi connectivity index (χ3n) is 2.06. The summed E-state index contributed by atoms with van der Waals surface area (Å²) in [6, 6.07) is 0. The van der Waals surface area contributed by atoms with E-state index in [1.807, 2.05) is 0 Å². The van der Waals surface area contributed by atoms with E-state index in [0.717, 1.165) is 10.7 Å². The summed E-state index contributed by atoms with van der Waals surface area (Å²) in [5.41, 5.74) is 0. The van der Waals surface area contributed by atoms with E-state index in [0.29, 0.717) is 0 Å². The van der Waals surface area contributed by atoms with Crippen molar-refractivity contribution in [2.24, 2.45) is 5.92 Å². The Morgan fingerprint density at radius 2 is 1.62 bits per heavy atom. The predicted molar refractivity (Wildman–Crippen MR) is 37.1 cm³/mol. The molecule has 0 atom stereocenters. The summed E-state index contributed by atoms with van der Waals surface area (Å²) in [4.78, 5) is 0. The average Bonchev–Trinajstić information content (AvgIpc) is 1.77. The van der Waals surface area contributed by atoms with Gasteiger partial charge in [0.2, 0.25) is 0 Å². The van der Waals surface area contributed by atoms with Crippen molar-refractivity contribution in [1.29, 1.82) is 0 Å². The lowest BCUT2D eigenvalue weighted by Crippen LogP contribution is -2.07. The molecule has 0 bridgehead atoms. The minimum absolute atomic E-state index is 0.936. The van der Waals surface area contributed by atoms with Crippen LogP contribution in [0.25, 0.3) is 0 Å². The Kier molecular flexibility index (Phi) is 2.41. The van der Waals surface area contributed by atoms with Crippen LogP contribution < -0.4 is 0 Å². The van der Waals surface area contributed by atoms with Crippen LogP contribution in [0.15, 0.2) is 0 Å². The average molecular weight is 124 g/mol. The highest BCUT2D eigenvalue weighted by Gasteiger charge is 2.12. The molecule has 0 unspecified atom stereocenters. The van der Waals surface area contributed by atoms with E-state index >= 15 is 0 Å². The molecule has 1 aliphatic carbocycles. The fourth-order valence-electron chi connectivity index (χ4n) is 1.29. The largest absolute Gasteiger partial charge is 0.123 e. The number of rotatable bonds is 0. The van der Waals surface area contributed by atoms with Crippen molar-refractivity contribution in [2.75, 3.05) is 0 Å². The molecule has 0 aromatic rings. The highest BCUT2D eigenvalue weighted by Crippen LogP contribution is 2.29. The van der Waals surface area contributed by atoms with Crippen LogP contribution in [0, 0.1) is 5.92 Å². The van der Waals surface area contributed by atoms with E-state index in [-0.39, 0.29) is 0 Å². The van der Waals surface area contributed by atoms with Gasteiger partial charge in [-0.15, -0.1) is 4.78 Å². The second-order valence-corrected chi connectivity index (χ2v) is 3.96. The van der Waals surface area contributed by atoms with Gasteiger partial charge in [-0.3, -0.25) is 0 Å². The normalized spacial score (nSPS) is 39.6. The van der Waals surface area contributed by atoms with Crippen molar-refractivity contribution < 1.29 is 0 Å². The monoisotopic (exact) mass is 124 g/mol. The van der Waals surface area contributed by atoms with Gasteiger partial charge in [-0.25, -0.2) is 0 Å². The smallest absolute Gasteiger partial charge is 0.107 e. The molecule has 0 heterocycles. The van der Waals surface area contributed by atoms with E-state index in [1.165, 1.54) is 25.7 Å². The van der Waals surface area contributed by atoms with Crippen LogP contribution >= 0.6 is 0 Å². The first-order valence-electron chi connectivity index (χ1n) is 3.54. The molecule has 0 aromatic carbocycles. The minimum Gasteiger partial charge on any atom is -0.107 e. The maximum atomic E-state index is 2.92. The van der Waals surface area contributed by atoms with Crippen LogP contribution in [-0.2, 0) is 0 Å². The summed E-state index contributed by atoms with van der Waals surface area (Å²) in [5.74, 6) is 1.01.